The van der Waals surface area contributed by atoms with Crippen LogP contribution in [0.25, 0.3) is 21.0 Å². The van der Waals surface area contributed by atoms with Crippen LogP contribution in [0, 0.1) is 0 Å². The molecule has 144 valence electrons. The molecule has 5 nitrogen and oxygen atoms in total. The lowest BCUT2D eigenvalue weighted by Gasteiger charge is -2.36. The third-order valence-corrected chi connectivity index (χ3v) is 6.70. The monoisotopic (exact) mass is 385 g/mol. The number of rotatable bonds is 5. The fourth-order valence-corrected chi connectivity index (χ4v) is 5.09. The number of phenols is 1. The minimum Gasteiger partial charge on any atom is -0.508 e. The van der Waals surface area contributed by atoms with E-state index >= 15 is 0 Å². The van der Waals surface area contributed by atoms with Gasteiger partial charge in [0, 0.05) is 34.4 Å². The number of phenolic OH excluding ortho intramolecular Hbond substituents is 1. The van der Waals surface area contributed by atoms with Crippen molar-refractivity contribution < 1.29 is 5.11 Å². The maximum absolute atomic E-state index is 12.2. The molecule has 3 aromatic rings. The molecule has 1 fully saturated rings. The maximum Gasteiger partial charge on any atom is 0.266 e. The lowest BCUT2D eigenvalue weighted by atomic mass is 9.99. The summed E-state index contributed by atoms with van der Waals surface area (Å²) in [4.78, 5) is 20.1. The lowest BCUT2D eigenvalue weighted by Crippen LogP contribution is -2.45. The highest BCUT2D eigenvalue weighted by atomic mass is 32.1. The predicted molar refractivity (Wildman–Crippen MR) is 113 cm³/mol. The van der Waals surface area contributed by atoms with Gasteiger partial charge in [-0.15, -0.1) is 11.3 Å². The number of fused-ring (bicyclic) bond motifs is 3. The van der Waals surface area contributed by atoms with Crippen molar-refractivity contribution in [2.24, 2.45) is 0 Å². The van der Waals surface area contributed by atoms with E-state index in [1.54, 1.807) is 12.1 Å². The second-order valence-corrected chi connectivity index (χ2v) is 8.68. The first-order valence-corrected chi connectivity index (χ1v) is 10.6. The SMILES string of the molecule is CN(C)C1CCCN(CCCc2c(O)ccc3[nH]c(=O)c4sccc4c23)C1. The van der Waals surface area contributed by atoms with Crippen LogP contribution in [0.1, 0.15) is 24.8 Å². The Morgan fingerprint density at radius 2 is 2.19 bits per heavy atom. The third kappa shape index (κ3) is 3.61. The topological polar surface area (TPSA) is 59.6 Å². The summed E-state index contributed by atoms with van der Waals surface area (Å²) in [6, 6.07) is 6.14. The number of likely N-dealkylation sites (tertiary alicyclic amines) is 1. The average Bonchev–Trinajstić information content (AvgIpc) is 3.14. The van der Waals surface area contributed by atoms with Gasteiger partial charge in [0.1, 0.15) is 10.4 Å². The first-order chi connectivity index (χ1) is 13.0. The number of aromatic hydroxyl groups is 1. The molecule has 1 aliphatic rings. The van der Waals surface area contributed by atoms with E-state index in [0.29, 0.717) is 11.8 Å². The highest BCUT2D eigenvalue weighted by molar-refractivity contribution is 7.17. The van der Waals surface area contributed by atoms with Gasteiger partial charge in [0.15, 0.2) is 0 Å². The van der Waals surface area contributed by atoms with Crippen LogP contribution in [0.4, 0.5) is 0 Å². The van der Waals surface area contributed by atoms with Crippen LogP contribution in [0.5, 0.6) is 5.75 Å². The Bertz CT molecular complexity index is 1010. The number of hydrogen-bond acceptors (Lipinski definition) is 5. The molecule has 1 aromatic carbocycles. The number of aryl methyl sites for hydroxylation is 1. The minimum atomic E-state index is -0.0489. The van der Waals surface area contributed by atoms with E-state index < -0.39 is 0 Å². The molecule has 27 heavy (non-hydrogen) atoms. The van der Waals surface area contributed by atoms with Crippen LogP contribution in [0.3, 0.4) is 0 Å². The van der Waals surface area contributed by atoms with Crippen molar-refractivity contribution in [1.29, 1.82) is 0 Å². The smallest absolute Gasteiger partial charge is 0.266 e. The van der Waals surface area contributed by atoms with Gasteiger partial charge in [-0.2, -0.15) is 0 Å². The van der Waals surface area contributed by atoms with Gasteiger partial charge in [0.2, 0.25) is 0 Å². The van der Waals surface area contributed by atoms with Crippen LogP contribution in [0.15, 0.2) is 28.4 Å². The number of hydrogen-bond donors (Lipinski definition) is 2. The second-order valence-electron chi connectivity index (χ2n) is 7.77. The highest BCUT2D eigenvalue weighted by Crippen LogP contribution is 2.33. The Balaban J connectivity index is 1.56. The number of piperidine rings is 1. The third-order valence-electron chi connectivity index (χ3n) is 5.79. The van der Waals surface area contributed by atoms with Crippen molar-refractivity contribution >= 4 is 32.3 Å². The molecule has 2 aromatic heterocycles. The largest absolute Gasteiger partial charge is 0.508 e. The number of nitrogens with zero attached hydrogens (tertiary/aromatic N) is 2. The lowest BCUT2D eigenvalue weighted by molar-refractivity contribution is 0.132. The van der Waals surface area contributed by atoms with E-state index in [-0.39, 0.29) is 5.56 Å². The van der Waals surface area contributed by atoms with Gasteiger partial charge in [-0.1, -0.05) is 0 Å². The maximum atomic E-state index is 12.2. The van der Waals surface area contributed by atoms with Crippen molar-refractivity contribution in [3.63, 3.8) is 0 Å². The van der Waals surface area contributed by atoms with Gasteiger partial charge < -0.3 is 19.9 Å². The fraction of sp³-hybridized carbons (Fsp3) is 0.476. The van der Waals surface area contributed by atoms with E-state index in [2.05, 4.69) is 28.9 Å². The number of aromatic nitrogens is 1. The minimum absolute atomic E-state index is 0.0489. The van der Waals surface area contributed by atoms with E-state index in [9.17, 15) is 9.90 Å². The molecular weight excluding hydrogens is 358 g/mol. The van der Waals surface area contributed by atoms with Crippen molar-refractivity contribution in [2.75, 3.05) is 33.7 Å². The van der Waals surface area contributed by atoms with E-state index in [1.807, 2.05) is 11.4 Å². The Morgan fingerprint density at radius 3 is 3.00 bits per heavy atom. The average molecular weight is 386 g/mol. The van der Waals surface area contributed by atoms with Crippen molar-refractivity contribution in [3.05, 3.63) is 39.5 Å². The molecule has 1 saturated heterocycles. The zero-order valence-corrected chi connectivity index (χ0v) is 16.8. The molecule has 4 rings (SSSR count). The summed E-state index contributed by atoms with van der Waals surface area (Å²) in [6.07, 6.45) is 4.33. The molecule has 1 unspecified atom stereocenters. The second kappa shape index (κ2) is 7.62. The standard InChI is InChI=1S/C21H27N3O2S/c1-23(2)14-5-3-10-24(13-14)11-4-6-15-18(25)8-7-17-19(15)16-9-12-27-20(16)21(26)22-17/h7-9,12,14,25H,3-6,10-11,13H2,1-2H3,(H,22,26). The molecule has 0 saturated carbocycles. The number of nitrogens with one attached hydrogen (secondary N) is 1. The first kappa shape index (κ1) is 18.5. The Kier molecular flexibility index (Phi) is 5.21. The van der Waals surface area contributed by atoms with Crippen molar-refractivity contribution in [1.82, 2.24) is 14.8 Å². The number of aromatic amines is 1. The van der Waals surface area contributed by atoms with Gasteiger partial charge in [0.05, 0.1) is 0 Å². The van der Waals surface area contributed by atoms with E-state index in [1.165, 1.54) is 24.2 Å². The highest BCUT2D eigenvalue weighted by Gasteiger charge is 2.21. The summed E-state index contributed by atoms with van der Waals surface area (Å²) in [6.45, 7) is 3.32. The number of thiophene rings is 1. The van der Waals surface area contributed by atoms with Crippen LogP contribution >= 0.6 is 11.3 Å². The summed E-state index contributed by atoms with van der Waals surface area (Å²) in [7, 11) is 4.32. The van der Waals surface area contributed by atoms with Gasteiger partial charge >= 0.3 is 0 Å². The number of benzene rings is 1. The zero-order valence-electron chi connectivity index (χ0n) is 16.0. The summed E-state index contributed by atoms with van der Waals surface area (Å²) in [5.74, 6) is 0.326. The quantitative estimate of drug-likeness (QED) is 0.707. The van der Waals surface area contributed by atoms with E-state index in [4.69, 9.17) is 0 Å². The molecule has 0 spiro atoms. The normalized spacial score (nSPS) is 18.7. The van der Waals surface area contributed by atoms with Gasteiger partial charge in [0.25, 0.3) is 5.56 Å². The van der Waals surface area contributed by atoms with Crippen LogP contribution in [-0.4, -0.2) is 59.7 Å². The number of pyridine rings is 1. The first-order valence-electron chi connectivity index (χ1n) is 9.67. The number of likely N-dealkylation sites (N-methyl/N-ethyl adjacent to an activating group) is 1. The number of H-pyrrole nitrogens is 1. The Morgan fingerprint density at radius 1 is 1.33 bits per heavy atom. The van der Waals surface area contributed by atoms with Crippen LogP contribution < -0.4 is 5.56 Å². The molecule has 0 aliphatic carbocycles. The molecule has 1 atom stereocenters. The van der Waals surface area contributed by atoms with Crippen molar-refractivity contribution in [3.8, 4) is 5.75 Å². The molecule has 1 aliphatic heterocycles. The van der Waals surface area contributed by atoms with Gasteiger partial charge in [-0.3, -0.25) is 4.79 Å². The van der Waals surface area contributed by atoms with Gasteiger partial charge in [-0.05, 0) is 76.4 Å². The Hall–Kier alpha value is -1.89. The fourth-order valence-electron chi connectivity index (χ4n) is 4.30. The van der Waals surface area contributed by atoms with Gasteiger partial charge in [-0.25, -0.2) is 0 Å². The van der Waals surface area contributed by atoms with Crippen LogP contribution in [0.2, 0.25) is 0 Å². The predicted octanol–water partition coefficient (Wildman–Crippen LogP) is 3.41. The summed E-state index contributed by atoms with van der Waals surface area (Å²) >= 11 is 1.45. The zero-order chi connectivity index (χ0) is 19.0. The summed E-state index contributed by atoms with van der Waals surface area (Å²) < 4.78 is 0.735. The molecule has 2 N–H and O–H groups in total. The molecule has 6 heteroatoms. The molecule has 0 bridgehead atoms. The summed E-state index contributed by atoms with van der Waals surface area (Å²) in [5, 5.41) is 14.4. The Labute approximate surface area is 163 Å². The summed E-state index contributed by atoms with van der Waals surface area (Å²) in [5.41, 5.74) is 1.71. The van der Waals surface area contributed by atoms with Crippen molar-refractivity contribution in [2.45, 2.75) is 31.7 Å². The van der Waals surface area contributed by atoms with E-state index in [0.717, 1.165) is 59.0 Å². The molecule has 0 radical (unpaired) electrons. The molecule has 0 amide bonds. The molecule has 3 heterocycles. The molecular formula is C21H27N3O2S. The van der Waals surface area contributed by atoms with Crippen LogP contribution in [-0.2, 0) is 6.42 Å².